The van der Waals surface area contributed by atoms with Crippen LogP contribution < -0.4 is 0 Å². The first kappa shape index (κ1) is 10.4. The second-order valence-corrected chi connectivity index (χ2v) is 4.57. The molecule has 0 unspecified atom stereocenters. The molecule has 0 aliphatic carbocycles. The predicted octanol–water partition coefficient (Wildman–Crippen LogP) is 3.35. The zero-order chi connectivity index (χ0) is 11.7. The third-order valence-electron chi connectivity index (χ3n) is 2.78. The summed E-state index contributed by atoms with van der Waals surface area (Å²) in [6.45, 7) is 0. The smallest absolute Gasteiger partial charge is 0.113 e. The molecule has 3 rings (SSSR count). The molecule has 0 aliphatic heterocycles. The molecule has 0 spiro atoms. The number of thioether (sulfide) groups is 1. The molecule has 0 bridgehead atoms. The van der Waals surface area contributed by atoms with Gasteiger partial charge in [0.05, 0.1) is 6.20 Å². The minimum absolute atomic E-state index is 0.886. The monoisotopic (exact) mass is 241 g/mol. The highest BCUT2D eigenvalue weighted by molar-refractivity contribution is 7.98. The van der Waals surface area contributed by atoms with E-state index in [0.29, 0.717) is 0 Å². The van der Waals surface area contributed by atoms with Crippen LogP contribution in [-0.2, 0) is 0 Å². The number of aromatic nitrogens is 3. The first-order valence-electron chi connectivity index (χ1n) is 5.32. The summed E-state index contributed by atoms with van der Waals surface area (Å²) in [6.07, 6.45) is 3.85. The normalized spacial score (nSPS) is 10.9. The predicted molar refractivity (Wildman–Crippen MR) is 71.1 cm³/mol. The zero-order valence-corrected chi connectivity index (χ0v) is 10.2. The van der Waals surface area contributed by atoms with Crippen LogP contribution >= 0.6 is 11.8 Å². The molecular formula is C13H11N3S. The summed E-state index contributed by atoms with van der Waals surface area (Å²) in [7, 11) is 0. The van der Waals surface area contributed by atoms with Gasteiger partial charge in [-0.25, -0.2) is 0 Å². The maximum atomic E-state index is 4.17. The molecule has 0 fully saturated rings. The third kappa shape index (κ3) is 1.70. The SMILES string of the molecule is CSc1cccc2cccc(-c3cn[nH]n3)c12. The summed E-state index contributed by atoms with van der Waals surface area (Å²) < 4.78 is 0. The van der Waals surface area contributed by atoms with Gasteiger partial charge in [-0.05, 0) is 17.7 Å². The number of benzene rings is 2. The third-order valence-corrected chi connectivity index (χ3v) is 3.56. The van der Waals surface area contributed by atoms with Crippen molar-refractivity contribution in [3.63, 3.8) is 0 Å². The van der Waals surface area contributed by atoms with Crippen molar-refractivity contribution in [3.8, 4) is 11.3 Å². The Morgan fingerprint density at radius 2 is 1.94 bits per heavy atom. The number of aromatic amines is 1. The molecule has 0 saturated heterocycles. The van der Waals surface area contributed by atoms with Gasteiger partial charge in [0.2, 0.25) is 0 Å². The van der Waals surface area contributed by atoms with E-state index in [9.17, 15) is 0 Å². The molecule has 2 aromatic carbocycles. The molecule has 1 aromatic heterocycles. The van der Waals surface area contributed by atoms with Crippen LogP contribution in [0.5, 0.6) is 0 Å². The second kappa shape index (κ2) is 4.22. The van der Waals surface area contributed by atoms with Crippen LogP contribution in [0.15, 0.2) is 47.5 Å². The van der Waals surface area contributed by atoms with Crippen LogP contribution in [0.25, 0.3) is 22.0 Å². The Morgan fingerprint density at radius 3 is 2.65 bits per heavy atom. The van der Waals surface area contributed by atoms with E-state index in [1.807, 2.05) is 0 Å². The Hall–Kier alpha value is -1.81. The van der Waals surface area contributed by atoms with E-state index >= 15 is 0 Å². The van der Waals surface area contributed by atoms with E-state index in [1.165, 1.54) is 15.7 Å². The minimum Gasteiger partial charge on any atom is -0.197 e. The molecule has 3 aromatic rings. The van der Waals surface area contributed by atoms with Crippen molar-refractivity contribution in [3.05, 3.63) is 42.6 Å². The van der Waals surface area contributed by atoms with Gasteiger partial charge in [0.1, 0.15) is 5.69 Å². The van der Waals surface area contributed by atoms with E-state index in [0.717, 1.165) is 11.3 Å². The van der Waals surface area contributed by atoms with Crippen LogP contribution in [0, 0.1) is 0 Å². The van der Waals surface area contributed by atoms with E-state index < -0.39 is 0 Å². The van der Waals surface area contributed by atoms with Crippen molar-refractivity contribution in [2.75, 3.05) is 6.26 Å². The molecular weight excluding hydrogens is 230 g/mol. The quantitative estimate of drug-likeness (QED) is 0.699. The molecule has 0 atom stereocenters. The summed E-state index contributed by atoms with van der Waals surface area (Å²) >= 11 is 1.75. The number of fused-ring (bicyclic) bond motifs is 1. The van der Waals surface area contributed by atoms with Gasteiger partial charge in [0.25, 0.3) is 0 Å². The molecule has 1 N–H and O–H groups in total. The fourth-order valence-electron chi connectivity index (χ4n) is 2.02. The van der Waals surface area contributed by atoms with Gasteiger partial charge >= 0.3 is 0 Å². The van der Waals surface area contributed by atoms with E-state index in [-0.39, 0.29) is 0 Å². The van der Waals surface area contributed by atoms with E-state index in [1.54, 1.807) is 18.0 Å². The number of nitrogens with zero attached hydrogens (tertiary/aromatic N) is 2. The number of H-pyrrole nitrogens is 1. The number of nitrogens with one attached hydrogen (secondary N) is 1. The van der Waals surface area contributed by atoms with Crippen molar-refractivity contribution in [1.82, 2.24) is 15.4 Å². The van der Waals surface area contributed by atoms with Gasteiger partial charge in [0.15, 0.2) is 0 Å². The molecule has 84 valence electrons. The Kier molecular flexibility index (Phi) is 2.57. The van der Waals surface area contributed by atoms with Crippen LogP contribution in [-0.4, -0.2) is 21.7 Å². The molecule has 0 saturated carbocycles. The Balaban J connectivity index is 2.38. The topological polar surface area (TPSA) is 41.6 Å². The first-order valence-corrected chi connectivity index (χ1v) is 6.54. The van der Waals surface area contributed by atoms with Crippen molar-refractivity contribution in [2.45, 2.75) is 4.90 Å². The van der Waals surface area contributed by atoms with Crippen LogP contribution in [0.1, 0.15) is 0 Å². The number of hydrogen-bond donors (Lipinski definition) is 1. The lowest BCUT2D eigenvalue weighted by atomic mass is 10.0. The Morgan fingerprint density at radius 1 is 1.12 bits per heavy atom. The van der Waals surface area contributed by atoms with Gasteiger partial charge in [-0.3, -0.25) is 0 Å². The molecule has 0 aliphatic rings. The van der Waals surface area contributed by atoms with E-state index in [4.69, 9.17) is 0 Å². The highest BCUT2D eigenvalue weighted by Crippen LogP contribution is 2.33. The summed E-state index contributed by atoms with van der Waals surface area (Å²) in [4.78, 5) is 1.26. The summed E-state index contributed by atoms with van der Waals surface area (Å²) in [6, 6.07) is 12.6. The van der Waals surface area contributed by atoms with Crippen molar-refractivity contribution >= 4 is 22.5 Å². The van der Waals surface area contributed by atoms with Gasteiger partial charge in [-0.2, -0.15) is 15.4 Å². The summed E-state index contributed by atoms with van der Waals surface area (Å²) in [5.41, 5.74) is 2.01. The van der Waals surface area contributed by atoms with Crippen molar-refractivity contribution < 1.29 is 0 Å². The fraction of sp³-hybridized carbons (Fsp3) is 0.0769. The largest absolute Gasteiger partial charge is 0.197 e. The maximum Gasteiger partial charge on any atom is 0.113 e. The highest BCUT2D eigenvalue weighted by Gasteiger charge is 2.09. The lowest BCUT2D eigenvalue weighted by molar-refractivity contribution is 0.942. The molecule has 17 heavy (non-hydrogen) atoms. The van der Waals surface area contributed by atoms with Gasteiger partial charge in [0, 0.05) is 15.8 Å². The molecule has 4 heteroatoms. The average Bonchev–Trinajstić information content (AvgIpc) is 2.91. The number of rotatable bonds is 2. The van der Waals surface area contributed by atoms with Gasteiger partial charge in [-0.1, -0.05) is 30.3 Å². The first-order chi connectivity index (χ1) is 8.40. The van der Waals surface area contributed by atoms with Crippen molar-refractivity contribution in [1.29, 1.82) is 0 Å². The number of hydrogen-bond acceptors (Lipinski definition) is 3. The zero-order valence-electron chi connectivity index (χ0n) is 9.34. The molecule has 3 nitrogen and oxygen atoms in total. The van der Waals surface area contributed by atoms with Crippen LogP contribution in [0.4, 0.5) is 0 Å². The standard InChI is InChI=1S/C13H11N3S/c1-17-12-7-3-5-9-4-2-6-10(13(9)12)11-8-14-16-15-11/h2-8H,1H3,(H,14,15,16). The lowest BCUT2D eigenvalue weighted by Gasteiger charge is -2.07. The molecule has 0 radical (unpaired) electrons. The fourth-order valence-corrected chi connectivity index (χ4v) is 2.67. The van der Waals surface area contributed by atoms with Gasteiger partial charge < -0.3 is 0 Å². The van der Waals surface area contributed by atoms with Crippen LogP contribution in [0.3, 0.4) is 0 Å². The highest BCUT2D eigenvalue weighted by atomic mass is 32.2. The molecule has 0 amide bonds. The second-order valence-electron chi connectivity index (χ2n) is 3.72. The van der Waals surface area contributed by atoms with Crippen molar-refractivity contribution in [2.24, 2.45) is 0 Å². The Bertz CT molecular complexity index is 642. The average molecular weight is 241 g/mol. The minimum atomic E-state index is 0.886. The maximum absolute atomic E-state index is 4.17. The van der Waals surface area contributed by atoms with Crippen LogP contribution in [0.2, 0.25) is 0 Å². The summed E-state index contributed by atoms with van der Waals surface area (Å²) in [5.74, 6) is 0. The van der Waals surface area contributed by atoms with E-state index in [2.05, 4.69) is 58.1 Å². The Labute approximate surface area is 103 Å². The molecule has 1 heterocycles. The van der Waals surface area contributed by atoms with Gasteiger partial charge in [-0.15, -0.1) is 11.8 Å². The lowest BCUT2D eigenvalue weighted by Crippen LogP contribution is -1.84. The summed E-state index contributed by atoms with van der Waals surface area (Å²) in [5, 5.41) is 13.2.